The molecule has 0 spiro atoms. The van der Waals surface area contributed by atoms with E-state index in [-0.39, 0.29) is 10.9 Å². The van der Waals surface area contributed by atoms with E-state index in [1.807, 2.05) is 0 Å². The smallest absolute Gasteiger partial charge is 0.244 e. The highest BCUT2D eigenvalue weighted by Crippen LogP contribution is 2.22. The van der Waals surface area contributed by atoms with Gasteiger partial charge in [0.15, 0.2) is 0 Å². The second-order valence-electron chi connectivity index (χ2n) is 5.52. The van der Waals surface area contributed by atoms with Gasteiger partial charge in [0.1, 0.15) is 10.7 Å². The van der Waals surface area contributed by atoms with Crippen LogP contribution in [0.25, 0.3) is 0 Å². The predicted molar refractivity (Wildman–Crippen MR) is 79.1 cm³/mol. The molecule has 0 radical (unpaired) electrons. The van der Waals surface area contributed by atoms with Crippen LogP contribution in [-0.4, -0.2) is 50.9 Å². The summed E-state index contributed by atoms with van der Waals surface area (Å²) in [5.41, 5.74) is 6.00. The molecule has 1 aromatic rings. The van der Waals surface area contributed by atoms with Gasteiger partial charge in [-0.1, -0.05) is 6.92 Å². The summed E-state index contributed by atoms with van der Waals surface area (Å²) in [4.78, 5) is 6.66. The van der Waals surface area contributed by atoms with Crippen molar-refractivity contribution in [1.29, 1.82) is 0 Å². The summed E-state index contributed by atoms with van der Waals surface area (Å²) < 4.78 is 25.1. The summed E-state index contributed by atoms with van der Waals surface area (Å²) in [5.74, 6) is 1.22. The average molecular weight is 298 g/mol. The molecule has 2 atom stereocenters. The Bertz CT molecular complexity index is 556. The number of hydrogen-bond acceptors (Lipinski definition) is 5. The molecule has 2 N–H and O–H groups in total. The summed E-state index contributed by atoms with van der Waals surface area (Å²) in [6, 6.07) is 3.61. The number of anilines is 1. The van der Waals surface area contributed by atoms with Crippen molar-refractivity contribution in [3.63, 3.8) is 0 Å². The lowest BCUT2D eigenvalue weighted by Gasteiger charge is -2.35. The number of pyridine rings is 1. The highest BCUT2D eigenvalue weighted by molar-refractivity contribution is 7.89. The van der Waals surface area contributed by atoms with Crippen molar-refractivity contribution in [2.24, 2.45) is 11.7 Å². The SMILES string of the molecule is CC1CN(c2ccc(S(=O)(=O)N(C)C)cn2)CCC1N. The van der Waals surface area contributed by atoms with Crippen LogP contribution in [0.1, 0.15) is 13.3 Å². The minimum atomic E-state index is -3.41. The van der Waals surface area contributed by atoms with Crippen LogP contribution in [-0.2, 0) is 10.0 Å². The molecular weight excluding hydrogens is 276 g/mol. The van der Waals surface area contributed by atoms with E-state index >= 15 is 0 Å². The van der Waals surface area contributed by atoms with Gasteiger partial charge in [-0.15, -0.1) is 0 Å². The molecule has 1 aliphatic rings. The third-order valence-corrected chi connectivity index (χ3v) is 5.59. The largest absolute Gasteiger partial charge is 0.356 e. The van der Waals surface area contributed by atoms with E-state index in [2.05, 4.69) is 16.8 Å². The van der Waals surface area contributed by atoms with E-state index in [1.165, 1.54) is 24.6 Å². The third-order valence-electron chi connectivity index (χ3n) is 3.79. The number of piperidine rings is 1. The number of sulfonamides is 1. The first-order chi connectivity index (χ1) is 9.32. The van der Waals surface area contributed by atoms with Crippen LogP contribution < -0.4 is 10.6 Å². The van der Waals surface area contributed by atoms with Crippen LogP contribution in [0.15, 0.2) is 23.2 Å². The quantitative estimate of drug-likeness (QED) is 0.879. The predicted octanol–water partition coefficient (Wildman–Crippen LogP) is 0.505. The number of aromatic nitrogens is 1. The van der Waals surface area contributed by atoms with Crippen molar-refractivity contribution in [2.45, 2.75) is 24.3 Å². The van der Waals surface area contributed by atoms with Crippen molar-refractivity contribution >= 4 is 15.8 Å². The molecular formula is C13H22N4O2S. The van der Waals surface area contributed by atoms with Gasteiger partial charge in [0.2, 0.25) is 10.0 Å². The molecule has 112 valence electrons. The Kier molecular flexibility index (Phi) is 4.31. The second kappa shape index (κ2) is 5.67. The Labute approximate surface area is 120 Å². The maximum Gasteiger partial charge on any atom is 0.244 e. The lowest BCUT2D eigenvalue weighted by molar-refractivity contribution is 0.381. The Morgan fingerprint density at radius 2 is 2.10 bits per heavy atom. The van der Waals surface area contributed by atoms with E-state index in [4.69, 9.17) is 5.73 Å². The van der Waals surface area contributed by atoms with Gasteiger partial charge in [0.05, 0.1) is 0 Å². The Hall–Kier alpha value is -1.18. The molecule has 1 aliphatic heterocycles. The molecule has 2 unspecified atom stereocenters. The van der Waals surface area contributed by atoms with Gasteiger partial charge in [-0.3, -0.25) is 0 Å². The minimum absolute atomic E-state index is 0.216. The summed E-state index contributed by atoms with van der Waals surface area (Å²) in [6.45, 7) is 3.84. The zero-order valence-corrected chi connectivity index (χ0v) is 13.0. The Morgan fingerprint density at radius 1 is 1.40 bits per heavy atom. The van der Waals surface area contributed by atoms with E-state index in [0.29, 0.717) is 5.92 Å². The molecule has 0 bridgehead atoms. The molecule has 0 aliphatic carbocycles. The first-order valence-corrected chi connectivity index (χ1v) is 8.15. The van der Waals surface area contributed by atoms with Gasteiger partial charge in [-0.25, -0.2) is 17.7 Å². The molecule has 1 saturated heterocycles. The summed E-state index contributed by atoms with van der Waals surface area (Å²) >= 11 is 0. The van der Waals surface area contributed by atoms with Gasteiger partial charge >= 0.3 is 0 Å². The van der Waals surface area contributed by atoms with E-state index in [0.717, 1.165) is 25.3 Å². The number of nitrogens with two attached hydrogens (primary N) is 1. The normalized spacial score (nSPS) is 24.1. The Balaban J connectivity index is 2.17. The van der Waals surface area contributed by atoms with Gasteiger partial charge < -0.3 is 10.6 Å². The lowest BCUT2D eigenvalue weighted by atomic mass is 9.95. The topological polar surface area (TPSA) is 79.5 Å². The fourth-order valence-corrected chi connectivity index (χ4v) is 3.14. The van der Waals surface area contributed by atoms with Crippen LogP contribution in [0.3, 0.4) is 0 Å². The first-order valence-electron chi connectivity index (χ1n) is 6.71. The van der Waals surface area contributed by atoms with Crippen molar-refractivity contribution in [3.8, 4) is 0 Å². The zero-order valence-electron chi connectivity index (χ0n) is 12.2. The number of hydrogen-bond donors (Lipinski definition) is 1. The van der Waals surface area contributed by atoms with Gasteiger partial charge in [0.25, 0.3) is 0 Å². The fraction of sp³-hybridized carbons (Fsp3) is 0.615. The maximum absolute atomic E-state index is 12.0. The molecule has 6 nitrogen and oxygen atoms in total. The van der Waals surface area contributed by atoms with E-state index in [9.17, 15) is 8.42 Å². The van der Waals surface area contributed by atoms with Crippen molar-refractivity contribution in [3.05, 3.63) is 18.3 Å². The van der Waals surface area contributed by atoms with Gasteiger partial charge in [0, 0.05) is 39.4 Å². The zero-order chi connectivity index (χ0) is 14.9. The molecule has 0 amide bonds. The van der Waals surface area contributed by atoms with Crippen molar-refractivity contribution < 1.29 is 8.42 Å². The first kappa shape index (κ1) is 15.2. The summed E-state index contributed by atoms with van der Waals surface area (Å²) in [7, 11) is -0.390. The molecule has 2 heterocycles. The van der Waals surface area contributed by atoms with Crippen LogP contribution in [0.2, 0.25) is 0 Å². The molecule has 0 aromatic carbocycles. The van der Waals surface area contributed by atoms with E-state index < -0.39 is 10.0 Å². The molecule has 1 fully saturated rings. The maximum atomic E-state index is 12.0. The second-order valence-corrected chi connectivity index (χ2v) is 7.67. The highest BCUT2D eigenvalue weighted by atomic mass is 32.2. The lowest BCUT2D eigenvalue weighted by Crippen LogP contribution is -2.46. The van der Waals surface area contributed by atoms with Crippen LogP contribution in [0.5, 0.6) is 0 Å². The monoisotopic (exact) mass is 298 g/mol. The molecule has 0 saturated carbocycles. The Morgan fingerprint density at radius 3 is 2.60 bits per heavy atom. The summed E-state index contributed by atoms with van der Waals surface area (Å²) in [6.07, 6.45) is 2.35. The van der Waals surface area contributed by atoms with Gasteiger partial charge in [-0.2, -0.15) is 0 Å². The molecule has 7 heteroatoms. The molecule has 20 heavy (non-hydrogen) atoms. The van der Waals surface area contributed by atoms with Crippen LogP contribution >= 0.6 is 0 Å². The molecule has 2 rings (SSSR count). The van der Waals surface area contributed by atoms with Crippen LogP contribution in [0, 0.1) is 5.92 Å². The summed E-state index contributed by atoms with van der Waals surface area (Å²) in [5, 5.41) is 0. The highest BCUT2D eigenvalue weighted by Gasteiger charge is 2.24. The number of rotatable bonds is 3. The fourth-order valence-electron chi connectivity index (χ4n) is 2.29. The van der Waals surface area contributed by atoms with Gasteiger partial charge in [-0.05, 0) is 24.5 Å². The van der Waals surface area contributed by atoms with Crippen molar-refractivity contribution in [1.82, 2.24) is 9.29 Å². The van der Waals surface area contributed by atoms with Crippen LogP contribution in [0.4, 0.5) is 5.82 Å². The van der Waals surface area contributed by atoms with Crippen molar-refractivity contribution in [2.75, 3.05) is 32.1 Å². The third kappa shape index (κ3) is 2.94. The minimum Gasteiger partial charge on any atom is -0.356 e. The molecule has 1 aromatic heterocycles. The number of nitrogens with zero attached hydrogens (tertiary/aromatic N) is 3. The van der Waals surface area contributed by atoms with E-state index in [1.54, 1.807) is 12.1 Å². The standard InChI is InChI=1S/C13H22N4O2S/c1-10-9-17(7-6-12(10)14)13-5-4-11(8-15-13)20(18,19)16(2)3/h4-5,8,10,12H,6-7,9,14H2,1-3H3. The average Bonchev–Trinajstić information content (AvgIpc) is 2.42.